The van der Waals surface area contributed by atoms with Gasteiger partial charge < -0.3 is 14.9 Å². The van der Waals surface area contributed by atoms with Crippen LogP contribution in [0, 0.1) is 0 Å². The molecule has 1 amide bonds. The van der Waals surface area contributed by atoms with Gasteiger partial charge in [0, 0.05) is 29.5 Å². The van der Waals surface area contributed by atoms with Crippen molar-refractivity contribution in [1.29, 1.82) is 0 Å². The molecule has 1 saturated carbocycles. The minimum atomic E-state index is -1.02. The minimum Gasteiger partial charge on any atom is -0.468 e. The number of aliphatic hydroxyl groups excluding tert-OH is 1. The number of aliphatic hydroxyl groups is 1. The second-order valence-corrected chi connectivity index (χ2v) is 11.1. The highest BCUT2D eigenvalue weighted by molar-refractivity contribution is 5.83. The van der Waals surface area contributed by atoms with Crippen LogP contribution in [0.2, 0.25) is 0 Å². The zero-order valence-corrected chi connectivity index (χ0v) is 21.9. The van der Waals surface area contributed by atoms with Crippen LogP contribution >= 0.6 is 0 Å². The number of aromatic amines is 1. The Kier molecular flexibility index (Phi) is 5.62. The van der Waals surface area contributed by atoms with Crippen LogP contribution in [0.4, 0.5) is 4.79 Å². The van der Waals surface area contributed by atoms with Crippen molar-refractivity contribution >= 4 is 6.09 Å². The van der Waals surface area contributed by atoms with Gasteiger partial charge in [0.15, 0.2) is 12.4 Å². The van der Waals surface area contributed by atoms with Gasteiger partial charge in [-0.05, 0) is 38.0 Å². The number of aromatic nitrogens is 4. The molecule has 0 atom stereocenters. The third-order valence-corrected chi connectivity index (χ3v) is 7.51. The van der Waals surface area contributed by atoms with Crippen molar-refractivity contribution in [3.8, 4) is 34.0 Å². The quantitative estimate of drug-likeness (QED) is 0.360. The van der Waals surface area contributed by atoms with Crippen LogP contribution in [0.15, 0.2) is 65.5 Å². The Morgan fingerprint density at radius 1 is 1.10 bits per heavy atom. The van der Waals surface area contributed by atoms with Gasteiger partial charge in [-0.3, -0.25) is 4.90 Å². The smallest absolute Gasteiger partial charge is 0.408 e. The number of benzene rings is 2. The Hall–Kier alpha value is -4.44. The van der Waals surface area contributed by atoms with Crippen molar-refractivity contribution in [2.75, 3.05) is 0 Å². The van der Waals surface area contributed by atoms with Crippen molar-refractivity contribution in [3.63, 3.8) is 0 Å². The number of hydrogen-bond donors (Lipinski definition) is 3. The summed E-state index contributed by atoms with van der Waals surface area (Å²) in [6.07, 6.45) is -0.919. The second-order valence-electron chi connectivity index (χ2n) is 11.1. The molecule has 10 heteroatoms. The molecule has 0 spiro atoms. The number of H-pyrrole nitrogens is 1. The van der Waals surface area contributed by atoms with Crippen LogP contribution in [0.3, 0.4) is 0 Å². The molecule has 10 nitrogen and oxygen atoms in total. The van der Waals surface area contributed by atoms with Crippen LogP contribution in [0.25, 0.3) is 28.1 Å². The van der Waals surface area contributed by atoms with E-state index in [4.69, 9.17) is 9.72 Å². The number of hydrogen-bond acceptors (Lipinski definition) is 6. The van der Waals surface area contributed by atoms with Crippen LogP contribution in [0.1, 0.15) is 45.0 Å². The van der Waals surface area contributed by atoms with E-state index in [1.54, 1.807) is 0 Å². The van der Waals surface area contributed by atoms with Crippen molar-refractivity contribution < 1.29 is 19.7 Å². The van der Waals surface area contributed by atoms with E-state index in [1.165, 1.54) is 9.47 Å². The minimum absolute atomic E-state index is 0.116. The number of rotatable bonds is 4. The first kappa shape index (κ1) is 24.9. The molecule has 0 unspecified atom stereocenters. The molecule has 0 saturated heterocycles. The van der Waals surface area contributed by atoms with E-state index < -0.39 is 23.3 Å². The highest BCUT2D eigenvalue weighted by Gasteiger charge is 2.54. The molecular weight excluding hydrogens is 498 g/mol. The summed E-state index contributed by atoms with van der Waals surface area (Å²) in [6.45, 7) is 5.70. The van der Waals surface area contributed by atoms with Gasteiger partial charge in [0.1, 0.15) is 5.69 Å². The maximum absolute atomic E-state index is 12.5. The molecule has 200 valence electrons. The van der Waals surface area contributed by atoms with Gasteiger partial charge in [-0.1, -0.05) is 54.6 Å². The summed E-state index contributed by atoms with van der Waals surface area (Å²) in [5.74, 6) is 0.799. The third-order valence-electron chi connectivity index (χ3n) is 7.51. The molecular formula is C29H29N5O5. The molecule has 2 aliphatic rings. The van der Waals surface area contributed by atoms with Gasteiger partial charge in [0.05, 0.1) is 17.3 Å². The Bertz CT molecular complexity index is 1610. The van der Waals surface area contributed by atoms with Crippen LogP contribution in [-0.2, 0) is 12.1 Å². The summed E-state index contributed by atoms with van der Waals surface area (Å²) in [5, 5.41) is 26.9. The molecule has 2 aromatic carbocycles. The Morgan fingerprint density at radius 3 is 2.41 bits per heavy atom. The van der Waals surface area contributed by atoms with Gasteiger partial charge in [-0.2, -0.15) is 5.10 Å². The average Bonchev–Trinajstić information content (AvgIpc) is 3.27. The SMILES string of the molecule is CC(C)(C)N(C(=O)O)[C@]1(c2ccc(-c3nc4c(cc3-c3ccccc3)-n3c(n[nH]c3=O)CO4)cc2)C[C@@H](O)C1. The van der Waals surface area contributed by atoms with Crippen molar-refractivity contribution in [3.05, 3.63) is 82.5 Å². The van der Waals surface area contributed by atoms with E-state index >= 15 is 0 Å². The lowest BCUT2D eigenvalue weighted by Crippen LogP contribution is -2.64. The normalized spacial score (nSPS) is 19.8. The fourth-order valence-corrected chi connectivity index (χ4v) is 5.94. The topological polar surface area (TPSA) is 134 Å². The first-order valence-electron chi connectivity index (χ1n) is 12.8. The first-order valence-corrected chi connectivity index (χ1v) is 12.8. The van der Waals surface area contributed by atoms with Gasteiger partial charge >= 0.3 is 11.8 Å². The molecule has 0 radical (unpaired) electrons. The van der Waals surface area contributed by atoms with Crippen molar-refractivity contribution in [2.24, 2.45) is 0 Å². The number of amides is 1. The van der Waals surface area contributed by atoms with E-state index in [-0.39, 0.29) is 12.3 Å². The average molecular weight is 528 g/mol. The van der Waals surface area contributed by atoms with Crippen LogP contribution < -0.4 is 10.4 Å². The molecule has 1 aliphatic carbocycles. The Balaban J connectivity index is 1.48. The van der Waals surface area contributed by atoms with E-state index in [9.17, 15) is 19.8 Å². The summed E-state index contributed by atoms with van der Waals surface area (Å²) < 4.78 is 7.35. The lowest BCUT2D eigenvalue weighted by molar-refractivity contribution is -0.0973. The molecule has 1 fully saturated rings. The maximum Gasteiger partial charge on any atom is 0.408 e. The number of carboxylic acid groups (broad SMARTS) is 1. The molecule has 4 aromatic rings. The molecule has 3 heterocycles. The Morgan fingerprint density at radius 2 is 1.79 bits per heavy atom. The molecule has 0 bridgehead atoms. The highest BCUT2D eigenvalue weighted by Crippen LogP contribution is 2.50. The number of carbonyl (C=O) groups is 1. The lowest BCUT2D eigenvalue weighted by atomic mass is 9.67. The maximum atomic E-state index is 12.5. The molecule has 1 aliphatic heterocycles. The fraction of sp³-hybridized carbons (Fsp3) is 0.310. The zero-order chi connectivity index (χ0) is 27.5. The number of nitrogens with one attached hydrogen (secondary N) is 1. The monoisotopic (exact) mass is 527 g/mol. The van der Waals surface area contributed by atoms with E-state index in [2.05, 4.69) is 10.2 Å². The summed E-state index contributed by atoms with van der Waals surface area (Å²) in [4.78, 5) is 31.2. The fourth-order valence-electron chi connectivity index (χ4n) is 5.94. The lowest BCUT2D eigenvalue weighted by Gasteiger charge is -2.56. The predicted molar refractivity (Wildman–Crippen MR) is 144 cm³/mol. The highest BCUT2D eigenvalue weighted by atomic mass is 16.5. The van der Waals surface area contributed by atoms with E-state index in [0.29, 0.717) is 35.9 Å². The van der Waals surface area contributed by atoms with Gasteiger partial charge in [0.2, 0.25) is 5.88 Å². The summed E-state index contributed by atoms with van der Waals surface area (Å²) >= 11 is 0. The van der Waals surface area contributed by atoms with Gasteiger partial charge in [-0.15, -0.1) is 0 Å². The summed E-state index contributed by atoms with van der Waals surface area (Å²) in [5.41, 5.74) is 2.69. The van der Waals surface area contributed by atoms with Crippen LogP contribution in [-0.4, -0.2) is 52.6 Å². The molecule has 39 heavy (non-hydrogen) atoms. The number of fused-ring (bicyclic) bond motifs is 3. The first-order chi connectivity index (χ1) is 18.6. The summed E-state index contributed by atoms with van der Waals surface area (Å²) in [7, 11) is 0. The Labute approximate surface area is 224 Å². The van der Waals surface area contributed by atoms with E-state index in [1.807, 2.05) is 81.4 Å². The zero-order valence-electron chi connectivity index (χ0n) is 21.9. The number of ether oxygens (including phenoxy) is 1. The number of nitrogens with zero attached hydrogens (tertiary/aromatic N) is 4. The van der Waals surface area contributed by atoms with Gasteiger partial charge in [0.25, 0.3) is 0 Å². The van der Waals surface area contributed by atoms with Crippen LogP contribution in [0.5, 0.6) is 5.88 Å². The van der Waals surface area contributed by atoms with Gasteiger partial charge in [-0.25, -0.2) is 24.2 Å². The molecule has 2 aromatic heterocycles. The summed E-state index contributed by atoms with van der Waals surface area (Å²) in [6, 6.07) is 19.3. The second kappa shape index (κ2) is 8.81. The van der Waals surface area contributed by atoms with Crippen molar-refractivity contribution in [2.45, 2.75) is 57.4 Å². The number of pyridine rings is 1. The third kappa shape index (κ3) is 3.99. The largest absolute Gasteiger partial charge is 0.468 e. The van der Waals surface area contributed by atoms with Crippen molar-refractivity contribution in [1.82, 2.24) is 24.6 Å². The molecule has 6 rings (SSSR count). The van der Waals surface area contributed by atoms with E-state index in [0.717, 1.165) is 22.3 Å². The standard InChI is InChI=1S/C29H29N5O5/c1-28(2,3)34(27(37)38)29(14-20(35)15-29)19-11-9-18(10-12-19)24-21(17-7-5-4-6-8-17)13-22-25(30-24)39-16-23-31-32-26(36)33(22)23/h4-13,20,35H,14-16H2,1-3H3,(H,32,36)(H,37,38)/t20-,29-. The molecule has 3 N–H and O–H groups in total. The predicted octanol–water partition coefficient (Wildman–Crippen LogP) is 4.31.